The summed E-state index contributed by atoms with van der Waals surface area (Å²) in [6.45, 7) is 3.89. The van der Waals surface area contributed by atoms with E-state index in [0.29, 0.717) is 13.0 Å². The average Bonchev–Trinajstić information content (AvgIpc) is 2.90. The summed E-state index contributed by atoms with van der Waals surface area (Å²) in [7, 11) is 0. The van der Waals surface area contributed by atoms with Crippen LogP contribution in [0.4, 0.5) is 0 Å². The lowest BCUT2D eigenvalue weighted by Crippen LogP contribution is -2.08. The van der Waals surface area contributed by atoms with Crippen molar-refractivity contribution in [3.05, 3.63) is 47.5 Å². The minimum Gasteiger partial charge on any atom is -0.463 e. The van der Waals surface area contributed by atoms with Gasteiger partial charge in [0.1, 0.15) is 0 Å². The first kappa shape index (κ1) is 18.4. The Labute approximate surface area is 144 Å². The third-order valence-electron chi connectivity index (χ3n) is 3.56. The summed E-state index contributed by atoms with van der Waals surface area (Å²) >= 11 is 0. The normalized spacial score (nSPS) is 12.3. The van der Waals surface area contributed by atoms with Gasteiger partial charge in [-0.05, 0) is 43.9 Å². The van der Waals surface area contributed by atoms with Gasteiger partial charge in [-0.25, -0.2) is 19.2 Å². The molecule has 0 spiro atoms. The zero-order valence-corrected chi connectivity index (χ0v) is 13.6. The van der Waals surface area contributed by atoms with E-state index in [2.05, 4.69) is 11.3 Å². The predicted octanol–water partition coefficient (Wildman–Crippen LogP) is 2.44. The van der Waals surface area contributed by atoms with Crippen LogP contribution in [0.25, 0.3) is 0 Å². The maximum atomic E-state index is 11.9. The van der Waals surface area contributed by atoms with Crippen molar-refractivity contribution in [3.8, 4) is 0 Å². The minimum atomic E-state index is -0.758. The Balaban J connectivity index is 1.67. The van der Waals surface area contributed by atoms with Crippen molar-refractivity contribution in [2.24, 2.45) is 0 Å². The molecule has 0 atom stereocenters. The van der Waals surface area contributed by atoms with Gasteiger partial charge < -0.3 is 14.2 Å². The van der Waals surface area contributed by atoms with Gasteiger partial charge in [0.05, 0.1) is 29.9 Å². The van der Waals surface area contributed by atoms with Crippen LogP contribution < -0.4 is 0 Å². The van der Waals surface area contributed by atoms with E-state index in [1.165, 1.54) is 18.2 Å². The number of benzene rings is 1. The van der Waals surface area contributed by atoms with E-state index >= 15 is 0 Å². The SMILES string of the molecule is C=CC(=O)OCCCCCCOC(=O)c1ccc2c(c1)C(=O)OC2=O. The van der Waals surface area contributed by atoms with Gasteiger partial charge in [0, 0.05) is 6.08 Å². The second-order valence-corrected chi connectivity index (χ2v) is 5.36. The largest absolute Gasteiger partial charge is 0.463 e. The number of carbonyl (C=O) groups is 4. The fourth-order valence-corrected chi connectivity index (χ4v) is 2.25. The van der Waals surface area contributed by atoms with Gasteiger partial charge in [-0.15, -0.1) is 0 Å². The highest BCUT2D eigenvalue weighted by Gasteiger charge is 2.30. The van der Waals surface area contributed by atoms with Gasteiger partial charge >= 0.3 is 23.9 Å². The van der Waals surface area contributed by atoms with Crippen LogP contribution in [0, 0.1) is 0 Å². The number of carbonyl (C=O) groups excluding carboxylic acids is 4. The van der Waals surface area contributed by atoms with Crippen molar-refractivity contribution in [1.82, 2.24) is 0 Å². The molecule has 1 aliphatic rings. The number of esters is 4. The van der Waals surface area contributed by atoms with E-state index in [0.717, 1.165) is 25.3 Å². The molecule has 132 valence electrons. The van der Waals surface area contributed by atoms with Crippen LogP contribution in [0.3, 0.4) is 0 Å². The summed E-state index contributed by atoms with van der Waals surface area (Å²) < 4.78 is 14.4. The van der Waals surface area contributed by atoms with Crippen LogP contribution in [0.2, 0.25) is 0 Å². The maximum absolute atomic E-state index is 11.9. The molecule has 0 fully saturated rings. The maximum Gasteiger partial charge on any atom is 0.346 e. The third kappa shape index (κ3) is 5.00. The van der Waals surface area contributed by atoms with Crippen LogP contribution in [0.1, 0.15) is 56.8 Å². The number of rotatable bonds is 9. The highest BCUT2D eigenvalue weighted by Crippen LogP contribution is 2.21. The van der Waals surface area contributed by atoms with Crippen LogP contribution in [0.5, 0.6) is 0 Å². The Hall–Kier alpha value is -2.96. The predicted molar refractivity (Wildman–Crippen MR) is 86.1 cm³/mol. The fraction of sp³-hybridized carbons (Fsp3) is 0.333. The van der Waals surface area contributed by atoms with Gasteiger partial charge in [-0.1, -0.05) is 6.58 Å². The molecule has 0 radical (unpaired) electrons. The van der Waals surface area contributed by atoms with Crippen molar-refractivity contribution < 1.29 is 33.4 Å². The molecular formula is C18H18O7. The average molecular weight is 346 g/mol. The van der Waals surface area contributed by atoms with E-state index in [1.807, 2.05) is 0 Å². The van der Waals surface area contributed by atoms with Gasteiger partial charge in [0.2, 0.25) is 0 Å². The van der Waals surface area contributed by atoms with Crippen molar-refractivity contribution in [3.63, 3.8) is 0 Å². The van der Waals surface area contributed by atoms with Crippen molar-refractivity contribution in [2.45, 2.75) is 25.7 Å². The van der Waals surface area contributed by atoms with Gasteiger partial charge in [-0.3, -0.25) is 0 Å². The topological polar surface area (TPSA) is 96.0 Å². The Bertz CT molecular complexity index is 705. The van der Waals surface area contributed by atoms with E-state index in [1.54, 1.807) is 0 Å². The van der Waals surface area contributed by atoms with Crippen molar-refractivity contribution in [2.75, 3.05) is 13.2 Å². The molecule has 25 heavy (non-hydrogen) atoms. The number of hydrogen-bond acceptors (Lipinski definition) is 7. The first-order chi connectivity index (χ1) is 12.0. The molecule has 1 aromatic rings. The summed E-state index contributed by atoms with van der Waals surface area (Å²) in [6, 6.07) is 4.11. The zero-order chi connectivity index (χ0) is 18.2. The molecule has 0 amide bonds. The molecule has 0 bridgehead atoms. The molecule has 0 N–H and O–H groups in total. The summed E-state index contributed by atoms with van der Waals surface area (Å²) in [5.74, 6) is -2.46. The molecule has 0 saturated carbocycles. The Morgan fingerprint density at radius 2 is 1.60 bits per heavy atom. The minimum absolute atomic E-state index is 0.0773. The molecule has 0 saturated heterocycles. The second kappa shape index (κ2) is 8.77. The van der Waals surface area contributed by atoms with E-state index in [4.69, 9.17) is 9.47 Å². The van der Waals surface area contributed by atoms with Crippen LogP contribution >= 0.6 is 0 Å². The zero-order valence-electron chi connectivity index (χ0n) is 13.6. The molecule has 7 heteroatoms. The molecule has 0 unspecified atom stereocenters. The summed E-state index contributed by atoms with van der Waals surface area (Å²) in [4.78, 5) is 45.6. The highest BCUT2D eigenvalue weighted by atomic mass is 16.6. The quantitative estimate of drug-likeness (QED) is 0.223. The lowest BCUT2D eigenvalue weighted by molar-refractivity contribution is -0.137. The van der Waals surface area contributed by atoms with Crippen LogP contribution in [0.15, 0.2) is 30.9 Å². The Kier molecular flexibility index (Phi) is 6.45. The molecular weight excluding hydrogens is 328 g/mol. The molecule has 1 aliphatic heterocycles. The summed E-state index contributed by atoms with van der Waals surface area (Å²) in [6.07, 6.45) is 4.19. The smallest absolute Gasteiger partial charge is 0.346 e. The molecule has 0 aromatic heterocycles. The van der Waals surface area contributed by atoms with Crippen LogP contribution in [-0.2, 0) is 19.0 Å². The van der Waals surface area contributed by atoms with E-state index in [9.17, 15) is 19.2 Å². The van der Waals surface area contributed by atoms with Crippen LogP contribution in [-0.4, -0.2) is 37.1 Å². The molecule has 2 rings (SSSR count). The first-order valence-corrected chi connectivity index (χ1v) is 7.90. The number of ether oxygens (including phenoxy) is 3. The lowest BCUT2D eigenvalue weighted by Gasteiger charge is -2.06. The van der Waals surface area contributed by atoms with E-state index < -0.39 is 23.9 Å². The summed E-state index contributed by atoms with van der Waals surface area (Å²) in [5, 5.41) is 0. The Morgan fingerprint density at radius 1 is 0.960 bits per heavy atom. The number of cyclic esters (lactones) is 2. The standard InChI is InChI=1S/C18H18O7/c1-2-15(19)23-9-5-3-4-6-10-24-16(20)12-7-8-13-14(11-12)18(22)25-17(13)21/h2,7-8,11H,1,3-6,9-10H2. The highest BCUT2D eigenvalue weighted by molar-refractivity contribution is 6.15. The van der Waals surface area contributed by atoms with Gasteiger partial charge in [0.15, 0.2) is 0 Å². The van der Waals surface area contributed by atoms with Gasteiger partial charge in [0.25, 0.3) is 0 Å². The van der Waals surface area contributed by atoms with E-state index in [-0.39, 0.29) is 23.3 Å². The van der Waals surface area contributed by atoms with Crippen molar-refractivity contribution in [1.29, 1.82) is 0 Å². The monoisotopic (exact) mass is 346 g/mol. The number of unbranched alkanes of at least 4 members (excludes halogenated alkanes) is 3. The number of hydrogen-bond donors (Lipinski definition) is 0. The molecule has 0 aliphatic carbocycles. The fourth-order valence-electron chi connectivity index (χ4n) is 2.25. The number of fused-ring (bicyclic) bond motifs is 1. The molecule has 1 heterocycles. The molecule has 7 nitrogen and oxygen atoms in total. The molecule has 1 aromatic carbocycles. The third-order valence-corrected chi connectivity index (χ3v) is 3.56. The lowest BCUT2D eigenvalue weighted by atomic mass is 10.1. The summed E-state index contributed by atoms with van der Waals surface area (Å²) in [5.41, 5.74) is 0.425. The Morgan fingerprint density at radius 3 is 2.28 bits per heavy atom. The second-order valence-electron chi connectivity index (χ2n) is 5.36. The first-order valence-electron chi connectivity index (χ1n) is 7.90. The van der Waals surface area contributed by atoms with Gasteiger partial charge in [-0.2, -0.15) is 0 Å². The van der Waals surface area contributed by atoms with Crippen molar-refractivity contribution >= 4 is 23.9 Å².